The molecule has 1 amide bonds. The number of benzene rings is 1. The predicted octanol–water partition coefficient (Wildman–Crippen LogP) is 1.18. The standard InChI is InChI=1S/C10H11Cl2N3O5S/c1-13-21(19,20)3-2-14-10(16)6-4-7(11)9(12)8(5-6)15(17)18/h4-5,13H,2-3H2,1H3,(H,14,16). The fraction of sp³-hybridized carbons (Fsp3) is 0.300. The van der Waals surface area contributed by atoms with Crippen molar-refractivity contribution in [2.75, 3.05) is 19.3 Å². The maximum Gasteiger partial charge on any atom is 0.290 e. The third-order valence-electron chi connectivity index (χ3n) is 2.44. The van der Waals surface area contributed by atoms with E-state index in [-0.39, 0.29) is 27.9 Å². The summed E-state index contributed by atoms with van der Waals surface area (Å²) in [5.41, 5.74) is -0.588. The molecule has 0 aromatic heterocycles. The van der Waals surface area contributed by atoms with E-state index in [1.165, 1.54) is 13.1 Å². The van der Waals surface area contributed by atoms with Crippen molar-refractivity contribution in [1.82, 2.24) is 10.0 Å². The number of sulfonamides is 1. The van der Waals surface area contributed by atoms with E-state index in [1.54, 1.807) is 0 Å². The summed E-state index contributed by atoms with van der Waals surface area (Å²) in [5.74, 6) is -1.01. The van der Waals surface area contributed by atoms with Crippen molar-refractivity contribution in [2.24, 2.45) is 0 Å². The topological polar surface area (TPSA) is 118 Å². The van der Waals surface area contributed by atoms with Gasteiger partial charge in [-0.25, -0.2) is 13.1 Å². The molecule has 8 nitrogen and oxygen atoms in total. The van der Waals surface area contributed by atoms with Gasteiger partial charge in [-0.15, -0.1) is 0 Å². The van der Waals surface area contributed by atoms with Crippen LogP contribution in [-0.4, -0.2) is 38.6 Å². The number of halogens is 2. The summed E-state index contributed by atoms with van der Waals surface area (Å²) in [6.45, 7) is -0.157. The minimum Gasteiger partial charge on any atom is -0.351 e. The number of hydrogen-bond donors (Lipinski definition) is 2. The van der Waals surface area contributed by atoms with Crippen LogP contribution in [0.15, 0.2) is 12.1 Å². The van der Waals surface area contributed by atoms with Gasteiger partial charge in [0.25, 0.3) is 11.6 Å². The summed E-state index contributed by atoms with van der Waals surface area (Å²) in [5, 5.41) is 12.7. The molecule has 0 fully saturated rings. The number of nitrogens with zero attached hydrogens (tertiary/aromatic N) is 1. The first kappa shape index (κ1) is 17.6. The maximum atomic E-state index is 11.8. The number of carbonyl (C=O) groups excluding carboxylic acids is 1. The summed E-state index contributed by atoms with van der Waals surface area (Å²) in [4.78, 5) is 21.8. The number of nitro groups is 1. The van der Waals surface area contributed by atoms with Crippen molar-refractivity contribution < 1.29 is 18.1 Å². The van der Waals surface area contributed by atoms with Crippen molar-refractivity contribution in [3.63, 3.8) is 0 Å². The molecule has 1 aromatic carbocycles. The lowest BCUT2D eigenvalue weighted by Crippen LogP contribution is -2.33. The van der Waals surface area contributed by atoms with Gasteiger partial charge in [0.1, 0.15) is 5.02 Å². The zero-order valence-electron chi connectivity index (χ0n) is 10.7. The van der Waals surface area contributed by atoms with Gasteiger partial charge in [-0.1, -0.05) is 23.2 Å². The Morgan fingerprint density at radius 2 is 2.00 bits per heavy atom. The second-order valence-corrected chi connectivity index (χ2v) is 6.66. The maximum absolute atomic E-state index is 11.8. The van der Waals surface area contributed by atoms with Gasteiger partial charge in [-0.05, 0) is 13.1 Å². The Morgan fingerprint density at radius 1 is 1.38 bits per heavy atom. The van der Waals surface area contributed by atoms with Crippen LogP contribution < -0.4 is 10.0 Å². The number of hydrogen-bond acceptors (Lipinski definition) is 5. The van der Waals surface area contributed by atoms with Crippen LogP contribution in [0.5, 0.6) is 0 Å². The molecule has 0 radical (unpaired) electrons. The van der Waals surface area contributed by atoms with Gasteiger partial charge in [0.2, 0.25) is 10.0 Å². The molecule has 0 spiro atoms. The van der Waals surface area contributed by atoms with Crippen molar-refractivity contribution in [3.05, 3.63) is 37.9 Å². The summed E-state index contributed by atoms with van der Waals surface area (Å²) in [7, 11) is -2.20. The van der Waals surface area contributed by atoms with E-state index < -0.39 is 26.5 Å². The fourth-order valence-electron chi connectivity index (χ4n) is 1.34. The zero-order chi connectivity index (χ0) is 16.2. The van der Waals surface area contributed by atoms with Crippen molar-refractivity contribution >= 4 is 44.8 Å². The molecule has 11 heteroatoms. The van der Waals surface area contributed by atoms with Crippen LogP contribution in [0.4, 0.5) is 5.69 Å². The van der Waals surface area contributed by atoms with Crippen LogP contribution in [-0.2, 0) is 10.0 Å². The van der Waals surface area contributed by atoms with Crippen molar-refractivity contribution in [2.45, 2.75) is 0 Å². The largest absolute Gasteiger partial charge is 0.351 e. The molecule has 1 rings (SSSR count). The SMILES string of the molecule is CNS(=O)(=O)CCNC(=O)c1cc(Cl)c(Cl)c([N+](=O)[O-])c1. The van der Waals surface area contributed by atoms with Crippen LogP contribution in [0, 0.1) is 10.1 Å². The number of carbonyl (C=O) groups is 1. The monoisotopic (exact) mass is 355 g/mol. The number of amides is 1. The molecule has 0 aliphatic heterocycles. The summed E-state index contributed by atoms with van der Waals surface area (Å²) in [6.07, 6.45) is 0. The average molecular weight is 356 g/mol. The van der Waals surface area contributed by atoms with Crippen molar-refractivity contribution in [3.8, 4) is 0 Å². The predicted molar refractivity (Wildman–Crippen MR) is 78.3 cm³/mol. The second-order valence-electron chi connectivity index (χ2n) is 3.83. The highest BCUT2D eigenvalue weighted by molar-refractivity contribution is 7.89. The van der Waals surface area contributed by atoms with Gasteiger partial charge in [0.05, 0.1) is 15.7 Å². The molecular weight excluding hydrogens is 345 g/mol. The van der Waals surface area contributed by atoms with Crippen LogP contribution in [0.25, 0.3) is 0 Å². The van der Waals surface area contributed by atoms with Gasteiger partial charge in [-0.3, -0.25) is 14.9 Å². The number of nitrogens with one attached hydrogen (secondary N) is 2. The lowest BCUT2D eigenvalue weighted by Gasteiger charge is -2.07. The van der Waals surface area contributed by atoms with Gasteiger partial charge < -0.3 is 5.32 Å². The highest BCUT2D eigenvalue weighted by Gasteiger charge is 2.20. The van der Waals surface area contributed by atoms with E-state index in [4.69, 9.17) is 23.2 Å². The lowest BCUT2D eigenvalue weighted by atomic mass is 10.2. The fourth-order valence-corrected chi connectivity index (χ4v) is 2.31. The van der Waals surface area contributed by atoms with E-state index in [0.29, 0.717) is 0 Å². The van der Waals surface area contributed by atoms with Crippen LogP contribution in [0.3, 0.4) is 0 Å². The minimum atomic E-state index is -3.45. The van der Waals surface area contributed by atoms with Gasteiger partial charge in [-0.2, -0.15) is 0 Å². The first-order valence-corrected chi connectivity index (χ1v) is 7.91. The Bertz CT molecular complexity index is 678. The zero-order valence-corrected chi connectivity index (χ0v) is 13.0. The lowest BCUT2D eigenvalue weighted by molar-refractivity contribution is -0.384. The number of nitro benzene ring substituents is 1. The highest BCUT2D eigenvalue weighted by Crippen LogP contribution is 2.32. The average Bonchev–Trinajstić information content (AvgIpc) is 2.40. The molecule has 0 saturated carbocycles. The van der Waals surface area contributed by atoms with E-state index in [0.717, 1.165) is 6.07 Å². The summed E-state index contributed by atoms with van der Waals surface area (Å²) < 4.78 is 24.4. The smallest absolute Gasteiger partial charge is 0.290 e. The second kappa shape index (κ2) is 7.03. The molecule has 0 aliphatic rings. The van der Waals surface area contributed by atoms with Crippen LogP contribution >= 0.6 is 23.2 Å². The quantitative estimate of drug-likeness (QED) is 0.586. The Balaban J connectivity index is 2.87. The molecule has 0 heterocycles. The molecular formula is C10H11Cl2N3O5S. The Kier molecular flexibility index (Phi) is 5.90. The van der Waals surface area contributed by atoms with Gasteiger partial charge in [0, 0.05) is 18.2 Å². The highest BCUT2D eigenvalue weighted by atomic mass is 35.5. The normalized spacial score (nSPS) is 11.2. The first-order chi connectivity index (χ1) is 9.68. The molecule has 2 N–H and O–H groups in total. The van der Waals surface area contributed by atoms with Gasteiger partial charge >= 0.3 is 0 Å². The molecule has 21 heavy (non-hydrogen) atoms. The first-order valence-electron chi connectivity index (χ1n) is 5.51. The molecule has 0 saturated heterocycles. The third-order valence-corrected chi connectivity index (χ3v) is 4.59. The van der Waals surface area contributed by atoms with E-state index in [1.807, 2.05) is 0 Å². The molecule has 0 atom stereocenters. The molecule has 1 aromatic rings. The minimum absolute atomic E-state index is 0.0852. The summed E-state index contributed by atoms with van der Waals surface area (Å²) in [6, 6.07) is 2.13. The molecule has 0 unspecified atom stereocenters. The van der Waals surface area contributed by atoms with E-state index >= 15 is 0 Å². The molecule has 0 aliphatic carbocycles. The van der Waals surface area contributed by atoms with E-state index in [9.17, 15) is 23.3 Å². The Hall–Kier alpha value is -1.42. The van der Waals surface area contributed by atoms with Crippen LogP contribution in [0.1, 0.15) is 10.4 Å². The van der Waals surface area contributed by atoms with Gasteiger partial charge in [0.15, 0.2) is 0 Å². The van der Waals surface area contributed by atoms with E-state index in [2.05, 4.69) is 10.0 Å². The summed E-state index contributed by atoms with van der Waals surface area (Å²) >= 11 is 11.4. The third kappa shape index (κ3) is 4.81. The van der Waals surface area contributed by atoms with Crippen molar-refractivity contribution in [1.29, 1.82) is 0 Å². The Labute approximate surface area is 130 Å². The Morgan fingerprint density at radius 3 is 2.52 bits per heavy atom. The van der Waals surface area contributed by atoms with Crippen LogP contribution in [0.2, 0.25) is 10.0 Å². The molecule has 0 bridgehead atoms. The number of rotatable bonds is 6. The molecule has 116 valence electrons.